The van der Waals surface area contributed by atoms with Crippen LogP contribution in [-0.2, 0) is 15.5 Å². The minimum atomic E-state index is -1.30. The molecule has 0 radical (unpaired) electrons. The summed E-state index contributed by atoms with van der Waals surface area (Å²) in [5.41, 5.74) is 4.05. The number of ether oxygens (including phenoxy) is 1. The summed E-state index contributed by atoms with van der Waals surface area (Å²) in [6.45, 7) is -0.333. The average Bonchev–Trinajstić information content (AvgIpc) is 2.59. The Labute approximate surface area is 93.3 Å². The lowest BCUT2D eigenvalue weighted by Gasteiger charge is -2.12. The standard InChI is InChI=1S/C8H11N3O4S/c9-5-1-2-11(8(13)10-5)6-4-16(14)7(3-12)15-6/h1-2,6-7,12H,3-4H2,(H2,9,10,13)/t6-,7?,16?/m1/s1. The highest BCUT2D eigenvalue weighted by atomic mass is 32.2. The van der Waals surface area contributed by atoms with Gasteiger partial charge in [-0.1, -0.05) is 0 Å². The van der Waals surface area contributed by atoms with Crippen LogP contribution < -0.4 is 11.4 Å². The number of nitrogens with two attached hydrogens (primary N) is 1. The van der Waals surface area contributed by atoms with Crippen LogP contribution in [0.3, 0.4) is 0 Å². The maximum absolute atomic E-state index is 11.5. The molecule has 7 nitrogen and oxygen atoms in total. The van der Waals surface area contributed by atoms with Crippen LogP contribution in [-0.4, -0.2) is 36.7 Å². The van der Waals surface area contributed by atoms with Crippen molar-refractivity contribution in [1.29, 1.82) is 0 Å². The smallest absolute Gasteiger partial charge is 0.351 e. The molecule has 2 unspecified atom stereocenters. The summed E-state index contributed by atoms with van der Waals surface area (Å²) in [5.74, 6) is 0.288. The largest absolute Gasteiger partial charge is 0.393 e. The van der Waals surface area contributed by atoms with Crippen molar-refractivity contribution in [3.8, 4) is 0 Å². The average molecular weight is 245 g/mol. The van der Waals surface area contributed by atoms with Crippen molar-refractivity contribution in [3.63, 3.8) is 0 Å². The molecule has 3 atom stereocenters. The van der Waals surface area contributed by atoms with E-state index in [-0.39, 0.29) is 18.2 Å². The van der Waals surface area contributed by atoms with Gasteiger partial charge in [0.2, 0.25) is 0 Å². The molecule has 1 saturated heterocycles. The summed E-state index contributed by atoms with van der Waals surface area (Å²) in [6.07, 6.45) is 0.783. The van der Waals surface area contributed by atoms with Crippen molar-refractivity contribution in [3.05, 3.63) is 22.7 Å². The minimum absolute atomic E-state index is 0.124. The van der Waals surface area contributed by atoms with E-state index in [1.807, 2.05) is 0 Å². The highest BCUT2D eigenvalue weighted by molar-refractivity contribution is 7.85. The molecule has 0 aliphatic carbocycles. The van der Waals surface area contributed by atoms with E-state index < -0.39 is 28.2 Å². The Hall–Kier alpha value is -1.25. The van der Waals surface area contributed by atoms with Crippen LogP contribution in [0.15, 0.2) is 17.1 Å². The lowest BCUT2D eigenvalue weighted by atomic mass is 10.5. The van der Waals surface area contributed by atoms with Gasteiger partial charge in [-0.2, -0.15) is 4.98 Å². The Morgan fingerprint density at radius 2 is 2.50 bits per heavy atom. The van der Waals surface area contributed by atoms with Crippen LogP contribution in [0.1, 0.15) is 6.23 Å². The molecule has 1 aromatic heterocycles. The van der Waals surface area contributed by atoms with Crippen LogP contribution >= 0.6 is 0 Å². The van der Waals surface area contributed by atoms with Crippen LogP contribution in [0, 0.1) is 0 Å². The second-order valence-electron chi connectivity index (χ2n) is 3.29. The van der Waals surface area contributed by atoms with Gasteiger partial charge in [0.1, 0.15) is 5.82 Å². The third-order valence-corrected chi connectivity index (χ3v) is 3.68. The molecule has 0 amide bonds. The quantitative estimate of drug-likeness (QED) is 0.651. The monoisotopic (exact) mass is 245 g/mol. The molecular formula is C8H11N3O4S. The number of aromatic nitrogens is 2. The summed E-state index contributed by atoms with van der Waals surface area (Å²) in [7, 11) is -1.30. The summed E-state index contributed by atoms with van der Waals surface area (Å²) in [5, 5.41) is 8.87. The zero-order chi connectivity index (χ0) is 11.7. The summed E-state index contributed by atoms with van der Waals surface area (Å²) in [4.78, 5) is 15.0. The van der Waals surface area contributed by atoms with E-state index in [0.717, 1.165) is 0 Å². The van der Waals surface area contributed by atoms with Gasteiger partial charge in [0, 0.05) is 6.20 Å². The van der Waals surface area contributed by atoms with E-state index in [1.54, 1.807) is 0 Å². The van der Waals surface area contributed by atoms with Crippen LogP contribution in [0.5, 0.6) is 0 Å². The Balaban J connectivity index is 2.27. The molecule has 0 saturated carbocycles. The first-order valence-electron chi connectivity index (χ1n) is 4.60. The fraction of sp³-hybridized carbons (Fsp3) is 0.500. The van der Waals surface area contributed by atoms with Crippen LogP contribution in [0.4, 0.5) is 5.82 Å². The molecule has 3 N–H and O–H groups in total. The van der Waals surface area contributed by atoms with E-state index in [1.165, 1.54) is 16.8 Å². The van der Waals surface area contributed by atoms with Gasteiger partial charge in [-0.3, -0.25) is 8.78 Å². The van der Waals surface area contributed by atoms with Crippen molar-refractivity contribution in [1.82, 2.24) is 9.55 Å². The molecule has 0 spiro atoms. The Morgan fingerprint density at radius 1 is 1.75 bits per heavy atom. The molecule has 8 heteroatoms. The van der Waals surface area contributed by atoms with E-state index in [4.69, 9.17) is 15.6 Å². The van der Waals surface area contributed by atoms with Gasteiger partial charge in [0.05, 0.1) is 23.2 Å². The van der Waals surface area contributed by atoms with Gasteiger partial charge in [-0.25, -0.2) is 4.79 Å². The van der Waals surface area contributed by atoms with Gasteiger partial charge in [-0.05, 0) is 6.07 Å². The van der Waals surface area contributed by atoms with Crippen molar-refractivity contribution in [2.75, 3.05) is 18.1 Å². The number of anilines is 1. The van der Waals surface area contributed by atoms with Crippen molar-refractivity contribution in [2.24, 2.45) is 0 Å². The molecule has 0 bridgehead atoms. The van der Waals surface area contributed by atoms with Gasteiger partial charge < -0.3 is 15.6 Å². The van der Waals surface area contributed by atoms with Gasteiger partial charge in [0.25, 0.3) is 0 Å². The molecular weight excluding hydrogens is 234 g/mol. The van der Waals surface area contributed by atoms with Crippen LogP contribution in [0.2, 0.25) is 0 Å². The number of nitrogen functional groups attached to an aromatic ring is 1. The normalized spacial score (nSPS) is 29.4. The zero-order valence-corrected chi connectivity index (χ0v) is 9.09. The predicted octanol–water partition coefficient (Wildman–Crippen LogP) is -1.58. The van der Waals surface area contributed by atoms with E-state index >= 15 is 0 Å². The van der Waals surface area contributed by atoms with Crippen molar-refractivity contribution in [2.45, 2.75) is 11.7 Å². The Morgan fingerprint density at radius 3 is 3.06 bits per heavy atom. The Bertz CT molecular complexity index is 475. The number of hydrogen-bond donors (Lipinski definition) is 2. The molecule has 1 fully saturated rings. The number of aliphatic hydroxyl groups excluding tert-OH is 1. The molecule has 1 aliphatic rings. The SMILES string of the molecule is Nc1ccn([C@H]2CS(=O)C(CO)O2)c(=O)n1. The molecule has 0 aromatic carbocycles. The molecule has 2 rings (SSSR count). The van der Waals surface area contributed by atoms with Gasteiger partial charge in [0.15, 0.2) is 11.7 Å². The lowest BCUT2D eigenvalue weighted by Crippen LogP contribution is -2.28. The highest BCUT2D eigenvalue weighted by Gasteiger charge is 2.33. The number of nitrogens with zero attached hydrogens (tertiary/aromatic N) is 2. The zero-order valence-electron chi connectivity index (χ0n) is 8.28. The maximum atomic E-state index is 11.5. The molecule has 16 heavy (non-hydrogen) atoms. The Kier molecular flexibility index (Phi) is 3.03. The summed E-state index contributed by atoms with van der Waals surface area (Å²) >= 11 is 0. The first-order valence-corrected chi connectivity index (χ1v) is 5.98. The highest BCUT2D eigenvalue weighted by Crippen LogP contribution is 2.22. The van der Waals surface area contributed by atoms with E-state index in [9.17, 15) is 9.00 Å². The van der Waals surface area contributed by atoms with Crippen LogP contribution in [0.25, 0.3) is 0 Å². The lowest BCUT2D eigenvalue weighted by molar-refractivity contribution is -0.00702. The molecule has 88 valence electrons. The summed E-state index contributed by atoms with van der Waals surface area (Å²) < 4.78 is 17.9. The first kappa shape index (κ1) is 11.2. The molecule has 1 aliphatic heterocycles. The fourth-order valence-corrected chi connectivity index (χ4v) is 2.59. The van der Waals surface area contributed by atoms with Crippen molar-refractivity contribution >= 4 is 16.6 Å². The van der Waals surface area contributed by atoms with E-state index in [2.05, 4.69) is 4.98 Å². The topological polar surface area (TPSA) is 107 Å². The van der Waals surface area contributed by atoms with E-state index in [0.29, 0.717) is 0 Å². The maximum Gasteiger partial charge on any atom is 0.351 e. The summed E-state index contributed by atoms with van der Waals surface area (Å²) in [6, 6.07) is 1.46. The third-order valence-electron chi connectivity index (χ3n) is 2.22. The fourth-order valence-electron chi connectivity index (χ4n) is 1.44. The predicted molar refractivity (Wildman–Crippen MR) is 56.9 cm³/mol. The second kappa shape index (κ2) is 4.32. The third kappa shape index (κ3) is 1.99. The second-order valence-corrected chi connectivity index (χ2v) is 4.91. The first-order chi connectivity index (χ1) is 7.61. The van der Waals surface area contributed by atoms with Crippen molar-refractivity contribution < 1.29 is 14.1 Å². The molecule has 1 aromatic rings. The number of hydrogen-bond acceptors (Lipinski definition) is 6. The van der Waals surface area contributed by atoms with Gasteiger partial charge >= 0.3 is 5.69 Å². The molecule has 2 heterocycles. The minimum Gasteiger partial charge on any atom is -0.393 e. The van der Waals surface area contributed by atoms with Gasteiger partial charge in [-0.15, -0.1) is 0 Å². The number of rotatable bonds is 2. The number of aliphatic hydroxyl groups is 1.